The highest BCUT2D eigenvalue weighted by atomic mass is 35.5. The molecule has 3 heterocycles. The molecule has 3 aromatic heterocycles. The topological polar surface area (TPSA) is 113 Å². The molecule has 102 valence electrons. The van der Waals surface area contributed by atoms with Gasteiger partial charge in [0.1, 0.15) is 17.2 Å². The van der Waals surface area contributed by atoms with Crippen LogP contribution in [-0.2, 0) is 6.54 Å². The van der Waals surface area contributed by atoms with Crippen molar-refractivity contribution < 1.29 is 4.92 Å². The zero-order chi connectivity index (χ0) is 14.3. The molecule has 0 aliphatic heterocycles. The molecule has 0 fully saturated rings. The van der Waals surface area contributed by atoms with Crippen LogP contribution >= 0.6 is 22.9 Å². The Balaban J connectivity index is 1.96. The maximum absolute atomic E-state index is 10.7. The minimum atomic E-state index is -0.642. The number of rotatable bonds is 3. The van der Waals surface area contributed by atoms with E-state index in [-0.39, 0.29) is 11.6 Å². The van der Waals surface area contributed by atoms with Gasteiger partial charge in [0.2, 0.25) is 0 Å². The van der Waals surface area contributed by atoms with Crippen molar-refractivity contribution in [2.75, 3.05) is 5.73 Å². The van der Waals surface area contributed by atoms with Gasteiger partial charge in [-0.1, -0.05) is 11.6 Å². The predicted octanol–water partition coefficient (Wildman–Crippen LogP) is 2.08. The highest BCUT2D eigenvalue weighted by molar-refractivity contribution is 7.16. The van der Waals surface area contributed by atoms with Crippen LogP contribution in [0.3, 0.4) is 0 Å². The highest BCUT2D eigenvalue weighted by Crippen LogP contribution is 2.24. The highest BCUT2D eigenvalue weighted by Gasteiger charge is 2.20. The van der Waals surface area contributed by atoms with Gasteiger partial charge in [-0.25, -0.2) is 9.97 Å². The molecule has 0 bridgehead atoms. The molecule has 2 N–H and O–H groups in total. The first-order chi connectivity index (χ1) is 9.54. The number of aromatic nitrogens is 4. The Hall–Kier alpha value is -2.26. The number of hydrogen-bond acceptors (Lipinski definition) is 7. The quantitative estimate of drug-likeness (QED) is 0.585. The Kier molecular flexibility index (Phi) is 2.99. The fourth-order valence-electron chi connectivity index (χ4n) is 1.73. The molecule has 8 nitrogen and oxygen atoms in total. The van der Waals surface area contributed by atoms with Gasteiger partial charge in [0, 0.05) is 0 Å². The Morgan fingerprint density at radius 1 is 1.50 bits per heavy atom. The van der Waals surface area contributed by atoms with Crippen molar-refractivity contribution in [1.82, 2.24) is 19.7 Å². The molecule has 10 heteroatoms. The molecule has 0 radical (unpaired) electrons. The SMILES string of the molecule is Nc1nc(Cn2cc(Cl)c([N+](=O)[O-])n2)nc2sccc12. The maximum Gasteiger partial charge on any atom is 0.408 e. The van der Waals surface area contributed by atoms with Crippen LogP contribution in [0.25, 0.3) is 10.2 Å². The van der Waals surface area contributed by atoms with Crippen LogP contribution in [0, 0.1) is 10.1 Å². The zero-order valence-electron chi connectivity index (χ0n) is 9.86. The number of fused-ring (bicyclic) bond motifs is 1. The largest absolute Gasteiger partial charge is 0.408 e. The van der Waals surface area contributed by atoms with Crippen LogP contribution < -0.4 is 5.73 Å². The zero-order valence-corrected chi connectivity index (χ0v) is 11.4. The normalized spacial score (nSPS) is 11.1. The molecule has 0 amide bonds. The van der Waals surface area contributed by atoms with Crippen LogP contribution in [0.2, 0.25) is 5.02 Å². The number of hydrogen-bond donors (Lipinski definition) is 1. The van der Waals surface area contributed by atoms with Crippen molar-refractivity contribution in [3.63, 3.8) is 0 Å². The summed E-state index contributed by atoms with van der Waals surface area (Å²) in [6, 6.07) is 1.84. The number of halogens is 1. The molecule has 0 spiro atoms. The van der Waals surface area contributed by atoms with Gasteiger partial charge in [-0.3, -0.25) is 0 Å². The van der Waals surface area contributed by atoms with E-state index in [4.69, 9.17) is 17.3 Å². The summed E-state index contributed by atoms with van der Waals surface area (Å²) < 4.78 is 1.31. The summed E-state index contributed by atoms with van der Waals surface area (Å²) in [5.41, 5.74) is 5.83. The van der Waals surface area contributed by atoms with Crippen LogP contribution in [-0.4, -0.2) is 24.7 Å². The number of anilines is 1. The average molecular weight is 311 g/mol. The Morgan fingerprint density at radius 3 is 3.00 bits per heavy atom. The lowest BCUT2D eigenvalue weighted by atomic mass is 10.4. The van der Waals surface area contributed by atoms with Gasteiger partial charge in [0.15, 0.2) is 10.8 Å². The van der Waals surface area contributed by atoms with E-state index in [1.807, 2.05) is 11.4 Å². The predicted molar refractivity (Wildman–Crippen MR) is 74.8 cm³/mol. The van der Waals surface area contributed by atoms with E-state index in [1.165, 1.54) is 22.2 Å². The molecule has 0 unspecified atom stereocenters. The van der Waals surface area contributed by atoms with Crippen molar-refractivity contribution >= 4 is 44.8 Å². The van der Waals surface area contributed by atoms with E-state index in [0.717, 1.165) is 10.2 Å². The lowest BCUT2D eigenvalue weighted by Gasteiger charge is -2.00. The Morgan fingerprint density at radius 2 is 2.30 bits per heavy atom. The fraction of sp³-hybridized carbons (Fsp3) is 0.100. The van der Waals surface area contributed by atoms with Crippen LogP contribution in [0.5, 0.6) is 0 Å². The summed E-state index contributed by atoms with van der Waals surface area (Å²) in [5.74, 6) is 0.405. The van der Waals surface area contributed by atoms with E-state index in [2.05, 4.69) is 15.1 Å². The van der Waals surface area contributed by atoms with E-state index in [9.17, 15) is 10.1 Å². The lowest BCUT2D eigenvalue weighted by Crippen LogP contribution is -2.07. The number of nitrogen functional groups attached to an aromatic ring is 1. The number of nitrogens with two attached hydrogens (primary N) is 1. The van der Waals surface area contributed by atoms with Crippen LogP contribution in [0.1, 0.15) is 5.82 Å². The molecule has 3 rings (SSSR count). The Labute approximate surface area is 121 Å². The summed E-state index contributed by atoms with van der Waals surface area (Å²) in [4.78, 5) is 19.3. The van der Waals surface area contributed by atoms with E-state index >= 15 is 0 Å². The smallest absolute Gasteiger partial charge is 0.383 e. The molecule has 0 atom stereocenters. The van der Waals surface area contributed by atoms with Crippen molar-refractivity contribution in [3.8, 4) is 0 Å². The van der Waals surface area contributed by atoms with Gasteiger partial charge >= 0.3 is 5.82 Å². The molecule has 0 aliphatic carbocycles. The first-order valence-corrected chi connectivity index (χ1v) is 6.67. The molecule has 0 saturated carbocycles. The van der Waals surface area contributed by atoms with Gasteiger partial charge in [-0.2, -0.15) is 4.68 Å². The molecular formula is C10H7ClN6O2S. The Bertz CT molecular complexity index is 813. The maximum atomic E-state index is 10.7. The van der Waals surface area contributed by atoms with Crippen molar-refractivity contribution in [3.05, 3.63) is 38.6 Å². The molecule has 0 aliphatic rings. The van der Waals surface area contributed by atoms with Gasteiger partial charge in [0.05, 0.1) is 16.7 Å². The summed E-state index contributed by atoms with van der Waals surface area (Å²) in [7, 11) is 0. The van der Waals surface area contributed by atoms with Crippen LogP contribution in [0.4, 0.5) is 11.6 Å². The first kappa shape index (κ1) is 12.8. The third kappa shape index (κ3) is 2.17. The average Bonchev–Trinajstić information content (AvgIpc) is 2.96. The second kappa shape index (κ2) is 4.69. The van der Waals surface area contributed by atoms with Crippen molar-refractivity contribution in [2.24, 2.45) is 0 Å². The van der Waals surface area contributed by atoms with Gasteiger partial charge in [-0.05, 0) is 16.4 Å². The second-order valence-corrected chi connectivity index (χ2v) is 5.22. The molecule has 0 saturated heterocycles. The van der Waals surface area contributed by atoms with Crippen molar-refractivity contribution in [1.29, 1.82) is 0 Å². The molecule has 20 heavy (non-hydrogen) atoms. The number of nitro groups is 1. The summed E-state index contributed by atoms with van der Waals surface area (Å²) in [6.45, 7) is 0.158. The van der Waals surface area contributed by atoms with Crippen LogP contribution in [0.15, 0.2) is 17.6 Å². The molecular weight excluding hydrogens is 304 g/mol. The minimum absolute atomic E-state index is 0.0276. The third-order valence-electron chi connectivity index (χ3n) is 2.58. The molecule has 3 aromatic rings. The van der Waals surface area contributed by atoms with Gasteiger partial charge in [0.25, 0.3) is 0 Å². The molecule has 0 aromatic carbocycles. The number of thiophene rings is 1. The van der Waals surface area contributed by atoms with Gasteiger partial charge < -0.3 is 15.8 Å². The standard InChI is InChI=1S/C10H7ClN6O2S/c11-6-3-16(15-9(6)17(18)19)4-7-13-8(12)5-1-2-20-10(5)14-7/h1-3H,4H2,(H2,12,13,14). The monoisotopic (exact) mass is 310 g/mol. The minimum Gasteiger partial charge on any atom is -0.383 e. The fourth-order valence-corrected chi connectivity index (χ4v) is 2.74. The van der Waals surface area contributed by atoms with Gasteiger partial charge in [-0.15, -0.1) is 11.3 Å². The number of nitrogens with zero attached hydrogens (tertiary/aromatic N) is 5. The lowest BCUT2D eigenvalue weighted by molar-refractivity contribution is -0.389. The summed E-state index contributed by atoms with van der Waals surface area (Å²) in [5, 5.41) is 17.1. The third-order valence-corrected chi connectivity index (χ3v) is 3.65. The van der Waals surface area contributed by atoms with E-state index < -0.39 is 10.7 Å². The van der Waals surface area contributed by atoms with E-state index in [1.54, 1.807) is 0 Å². The second-order valence-electron chi connectivity index (χ2n) is 3.92. The summed E-state index contributed by atoms with van der Waals surface area (Å²) >= 11 is 7.17. The first-order valence-electron chi connectivity index (χ1n) is 5.41. The summed E-state index contributed by atoms with van der Waals surface area (Å²) in [6.07, 6.45) is 1.36. The van der Waals surface area contributed by atoms with E-state index in [0.29, 0.717) is 11.6 Å². The van der Waals surface area contributed by atoms with Crippen molar-refractivity contribution in [2.45, 2.75) is 6.54 Å².